The van der Waals surface area contributed by atoms with Crippen LogP contribution in [0.3, 0.4) is 0 Å². The summed E-state index contributed by atoms with van der Waals surface area (Å²) in [5.74, 6) is 0. The van der Waals surface area contributed by atoms with Gasteiger partial charge in [0.2, 0.25) is 0 Å². The van der Waals surface area contributed by atoms with Crippen molar-refractivity contribution in [3.05, 3.63) is 0 Å². The zero-order valence-corrected chi connectivity index (χ0v) is 15.1. The van der Waals surface area contributed by atoms with E-state index in [1.165, 1.54) is 0 Å². The van der Waals surface area contributed by atoms with Crippen LogP contribution in [0.2, 0.25) is 0 Å². The van der Waals surface area contributed by atoms with Crippen LogP contribution in [-0.2, 0) is 0 Å². The molecule has 0 aliphatic heterocycles. The molecule has 0 amide bonds. The average Bonchev–Trinajstić information content (AvgIpc) is 2.29. The third kappa shape index (κ3) is 865000. The molecule has 0 saturated carbocycles. The summed E-state index contributed by atoms with van der Waals surface area (Å²) >= 11 is 0. The van der Waals surface area contributed by atoms with Gasteiger partial charge in [-0.1, -0.05) is 112 Å². The van der Waals surface area contributed by atoms with Gasteiger partial charge >= 0.3 is 0 Å². The Hall–Kier alpha value is 0.0649. The SMILES string of the molecule is C.C.CC.CC.CC.CC.CC.CC(C)(C)C.[B]. The third-order valence-electron chi connectivity index (χ3n) is 0. The van der Waals surface area contributed by atoms with Crippen molar-refractivity contribution in [2.24, 2.45) is 5.41 Å². The molecule has 0 aliphatic rings. The molecule has 0 bridgehead atoms. The van der Waals surface area contributed by atoms with E-state index in [1.54, 1.807) is 0 Å². The smallest absolute Gasteiger partial charge is 0 e. The van der Waals surface area contributed by atoms with Crippen molar-refractivity contribution in [3.8, 4) is 0 Å². The maximum atomic E-state index is 2.19. The lowest BCUT2D eigenvalue weighted by Gasteiger charge is -2.05. The zero-order chi connectivity index (χ0) is 14.5. The van der Waals surface area contributed by atoms with Gasteiger partial charge in [0.1, 0.15) is 0 Å². The normalized spacial score (nSPS) is 5.00. The minimum Gasteiger partial charge on any atom is -0.0776 e. The fraction of sp³-hybridized carbons (Fsp3) is 1.00. The molecule has 121 valence electrons. The van der Waals surface area contributed by atoms with E-state index >= 15 is 0 Å². The Bertz CT molecular complexity index is 21.1. The van der Waals surface area contributed by atoms with Gasteiger partial charge in [0.25, 0.3) is 0 Å². The van der Waals surface area contributed by atoms with Crippen LogP contribution in [0, 0.1) is 5.41 Å². The van der Waals surface area contributed by atoms with E-state index in [-0.39, 0.29) is 23.3 Å². The molecule has 0 nitrogen and oxygen atoms in total. The minimum absolute atomic E-state index is 0. The van der Waals surface area contributed by atoms with Crippen molar-refractivity contribution in [2.75, 3.05) is 0 Å². The summed E-state index contributed by atoms with van der Waals surface area (Å²) in [6.07, 6.45) is 0. The second kappa shape index (κ2) is 120. The predicted octanol–water partition coefficient (Wildman–Crippen LogP) is 8.07. The van der Waals surface area contributed by atoms with Gasteiger partial charge in [-0.05, 0) is 5.41 Å². The molecule has 0 N–H and O–H groups in total. The monoisotopic (exact) mass is 265 g/mol. The molecule has 0 unspecified atom stereocenters. The number of hydrogen-bond acceptors (Lipinski definition) is 0. The number of hydrogen-bond donors (Lipinski definition) is 0. The summed E-state index contributed by atoms with van der Waals surface area (Å²) in [4.78, 5) is 0. The first-order valence-corrected chi connectivity index (χ1v) is 7.00. The Morgan fingerprint density at radius 1 is 0.389 bits per heavy atom. The molecule has 0 fully saturated rings. The van der Waals surface area contributed by atoms with Crippen LogP contribution in [0.1, 0.15) is 112 Å². The van der Waals surface area contributed by atoms with Gasteiger partial charge in [-0.3, -0.25) is 0 Å². The molecule has 0 saturated heterocycles. The van der Waals surface area contributed by atoms with Crippen molar-refractivity contribution < 1.29 is 0 Å². The number of rotatable bonds is 0. The maximum absolute atomic E-state index is 2.19. The average molecular weight is 265 g/mol. The van der Waals surface area contributed by atoms with Crippen LogP contribution in [0.5, 0.6) is 0 Å². The first-order valence-electron chi connectivity index (χ1n) is 7.00. The van der Waals surface area contributed by atoms with Gasteiger partial charge in [0, 0.05) is 8.41 Å². The van der Waals surface area contributed by atoms with Crippen molar-refractivity contribution in [2.45, 2.75) is 112 Å². The van der Waals surface area contributed by atoms with Gasteiger partial charge in [0.15, 0.2) is 0 Å². The zero-order valence-electron chi connectivity index (χ0n) is 15.1. The van der Waals surface area contributed by atoms with E-state index in [4.69, 9.17) is 0 Å². The summed E-state index contributed by atoms with van der Waals surface area (Å²) < 4.78 is 0. The summed E-state index contributed by atoms with van der Waals surface area (Å²) in [5, 5.41) is 0. The van der Waals surface area contributed by atoms with E-state index in [9.17, 15) is 0 Å². The Morgan fingerprint density at radius 3 is 0.389 bits per heavy atom. The van der Waals surface area contributed by atoms with Crippen molar-refractivity contribution in [3.63, 3.8) is 0 Å². The quantitative estimate of drug-likeness (QED) is 0.388. The van der Waals surface area contributed by atoms with Crippen molar-refractivity contribution in [1.82, 2.24) is 0 Å². The molecule has 0 atom stereocenters. The van der Waals surface area contributed by atoms with E-state index < -0.39 is 0 Å². The molecular weight excluding hydrogens is 215 g/mol. The molecule has 0 aromatic heterocycles. The molecule has 0 aromatic rings. The van der Waals surface area contributed by atoms with Crippen molar-refractivity contribution >= 4 is 8.41 Å². The van der Waals surface area contributed by atoms with E-state index in [1.807, 2.05) is 69.2 Å². The van der Waals surface area contributed by atoms with Gasteiger partial charge < -0.3 is 0 Å². The Labute approximate surface area is 126 Å². The molecule has 0 spiro atoms. The molecular formula is C17H50B. The fourth-order valence-electron chi connectivity index (χ4n) is 0. The van der Waals surface area contributed by atoms with Gasteiger partial charge in [-0.25, -0.2) is 0 Å². The fourth-order valence-corrected chi connectivity index (χ4v) is 0. The largest absolute Gasteiger partial charge is 0.0776 e. The topological polar surface area (TPSA) is 0 Å². The Morgan fingerprint density at radius 2 is 0.389 bits per heavy atom. The standard InChI is InChI=1S/C5H12.5C2H6.2CH4.B/c1-5(2,3)4;5*1-2;;;/h1-4H3;5*1-2H3;2*1H4;. The molecule has 0 aromatic carbocycles. The van der Waals surface area contributed by atoms with Gasteiger partial charge in [-0.15, -0.1) is 0 Å². The lowest BCUT2D eigenvalue weighted by atomic mass is 10.0. The predicted molar refractivity (Wildman–Crippen MR) is 101 cm³/mol. The van der Waals surface area contributed by atoms with Crippen LogP contribution >= 0.6 is 0 Å². The highest BCUT2D eigenvalue weighted by Crippen LogP contribution is 2.07. The van der Waals surface area contributed by atoms with Crippen molar-refractivity contribution in [1.29, 1.82) is 0 Å². The first-order chi connectivity index (χ1) is 7.00. The highest BCUT2D eigenvalue weighted by atomic mass is 14.0. The maximum Gasteiger partial charge on any atom is 0 e. The lowest BCUT2D eigenvalue weighted by molar-refractivity contribution is 0.469. The van der Waals surface area contributed by atoms with Crippen LogP contribution < -0.4 is 0 Å². The summed E-state index contributed by atoms with van der Waals surface area (Å²) in [6, 6.07) is 0. The lowest BCUT2D eigenvalue weighted by Crippen LogP contribution is -1.93. The summed E-state index contributed by atoms with van der Waals surface area (Å²) in [6.45, 7) is 28.8. The second-order valence-electron chi connectivity index (χ2n) is 3.00. The Balaban J connectivity index is -0.00000000797. The van der Waals surface area contributed by atoms with Crippen LogP contribution in [0.25, 0.3) is 0 Å². The molecule has 3 radical (unpaired) electrons. The van der Waals surface area contributed by atoms with E-state index in [0.29, 0.717) is 5.41 Å². The third-order valence-corrected chi connectivity index (χ3v) is 0. The molecule has 1 heteroatoms. The summed E-state index contributed by atoms with van der Waals surface area (Å²) in [7, 11) is 0. The van der Waals surface area contributed by atoms with Crippen LogP contribution in [0.4, 0.5) is 0 Å². The Kier molecular flexibility index (Phi) is 426. The molecule has 0 rings (SSSR count). The first kappa shape index (κ1) is 64.0. The summed E-state index contributed by atoms with van der Waals surface area (Å²) in [5.41, 5.74) is 0.500. The van der Waals surface area contributed by atoms with Gasteiger partial charge in [0.05, 0.1) is 0 Å². The van der Waals surface area contributed by atoms with Crippen LogP contribution in [0.15, 0.2) is 0 Å². The van der Waals surface area contributed by atoms with Crippen LogP contribution in [-0.4, -0.2) is 8.41 Å². The van der Waals surface area contributed by atoms with E-state index in [0.717, 1.165) is 0 Å². The van der Waals surface area contributed by atoms with E-state index in [2.05, 4.69) is 27.7 Å². The molecule has 0 aliphatic carbocycles. The minimum atomic E-state index is 0. The second-order valence-corrected chi connectivity index (χ2v) is 3.00. The molecule has 18 heavy (non-hydrogen) atoms. The molecule has 0 heterocycles. The highest BCUT2D eigenvalue weighted by Gasteiger charge is 1.95. The van der Waals surface area contributed by atoms with Gasteiger partial charge in [-0.2, -0.15) is 0 Å². The highest BCUT2D eigenvalue weighted by molar-refractivity contribution is 5.75.